The van der Waals surface area contributed by atoms with Crippen molar-refractivity contribution >= 4 is 22.6 Å². The molecule has 0 radical (unpaired) electrons. The number of morpholine rings is 1. The van der Waals surface area contributed by atoms with Gasteiger partial charge in [-0.1, -0.05) is 60.7 Å². The summed E-state index contributed by atoms with van der Waals surface area (Å²) in [6, 6.07) is 21.7. The molecule has 0 N–H and O–H groups in total. The second kappa shape index (κ2) is 7.23. The summed E-state index contributed by atoms with van der Waals surface area (Å²) in [5, 5.41) is 2.23. The number of carbonyl (C=O) groups excluding carboxylic acids is 1. The molecule has 1 saturated heterocycles. The van der Waals surface area contributed by atoms with E-state index >= 15 is 0 Å². The van der Waals surface area contributed by atoms with Crippen molar-refractivity contribution in [1.29, 1.82) is 0 Å². The van der Waals surface area contributed by atoms with Gasteiger partial charge in [0.25, 0.3) is 0 Å². The first-order valence-electron chi connectivity index (χ1n) is 9.63. The molecule has 4 heteroatoms. The van der Waals surface area contributed by atoms with Gasteiger partial charge in [0, 0.05) is 24.2 Å². The van der Waals surface area contributed by atoms with Crippen LogP contribution in [0.25, 0.3) is 16.8 Å². The van der Waals surface area contributed by atoms with E-state index in [1.165, 1.54) is 0 Å². The molecule has 3 aromatic rings. The summed E-state index contributed by atoms with van der Waals surface area (Å²) in [4.78, 5) is 15.6. The van der Waals surface area contributed by atoms with E-state index in [0.29, 0.717) is 24.4 Å². The summed E-state index contributed by atoms with van der Waals surface area (Å²) >= 11 is 0. The third kappa shape index (κ3) is 3.01. The molecule has 3 aromatic carbocycles. The second-order valence-electron chi connectivity index (χ2n) is 7.11. The molecule has 1 fully saturated rings. The first-order valence-corrected chi connectivity index (χ1v) is 9.63. The Hall–Kier alpha value is -2.95. The fourth-order valence-electron chi connectivity index (χ4n) is 3.95. The van der Waals surface area contributed by atoms with E-state index < -0.39 is 6.23 Å². The van der Waals surface area contributed by atoms with Crippen LogP contribution >= 0.6 is 0 Å². The minimum Gasteiger partial charge on any atom is -0.470 e. The molecule has 2 heterocycles. The summed E-state index contributed by atoms with van der Waals surface area (Å²) in [5.41, 5.74) is 2.33. The highest BCUT2D eigenvalue weighted by Crippen LogP contribution is 2.37. The zero-order chi connectivity index (χ0) is 18.9. The molecule has 140 valence electrons. The van der Waals surface area contributed by atoms with E-state index in [-0.39, 0.29) is 5.78 Å². The van der Waals surface area contributed by atoms with Gasteiger partial charge in [-0.05, 0) is 22.9 Å². The topological polar surface area (TPSA) is 38.8 Å². The number of nitrogens with zero attached hydrogens (tertiary/aromatic N) is 1. The molecule has 0 saturated carbocycles. The third-order valence-corrected chi connectivity index (χ3v) is 5.41. The summed E-state index contributed by atoms with van der Waals surface area (Å²) in [6.45, 7) is 2.79. The minimum atomic E-state index is -0.398. The van der Waals surface area contributed by atoms with E-state index in [2.05, 4.69) is 23.1 Å². The van der Waals surface area contributed by atoms with E-state index in [1.54, 1.807) is 0 Å². The Bertz CT molecular complexity index is 1050. The standard InChI is InChI=1S/C24H21NO3/c26-23(18-7-2-1-3-8-18)21-16-20-19-9-5-4-6-17(19)10-11-22(20)28-24(21)25-12-14-27-15-13-25/h1-11,16,24H,12-15H2. The summed E-state index contributed by atoms with van der Waals surface area (Å²) in [7, 11) is 0. The highest BCUT2D eigenvalue weighted by molar-refractivity contribution is 6.13. The number of carbonyl (C=O) groups is 1. The minimum absolute atomic E-state index is 0.00989. The fraction of sp³-hybridized carbons (Fsp3) is 0.208. The summed E-state index contributed by atoms with van der Waals surface area (Å²) in [5.74, 6) is 0.829. The number of ketones is 1. The van der Waals surface area contributed by atoms with Gasteiger partial charge in [-0.2, -0.15) is 0 Å². The number of rotatable bonds is 3. The van der Waals surface area contributed by atoms with Crippen LogP contribution in [-0.2, 0) is 4.74 Å². The molecular formula is C24H21NO3. The molecule has 1 unspecified atom stereocenters. The van der Waals surface area contributed by atoms with Crippen molar-refractivity contribution in [2.75, 3.05) is 26.3 Å². The Morgan fingerprint density at radius 3 is 2.46 bits per heavy atom. The predicted octanol–water partition coefficient (Wildman–Crippen LogP) is 4.16. The van der Waals surface area contributed by atoms with Crippen molar-refractivity contribution < 1.29 is 14.3 Å². The zero-order valence-electron chi connectivity index (χ0n) is 15.5. The van der Waals surface area contributed by atoms with Crippen LogP contribution in [0.3, 0.4) is 0 Å². The predicted molar refractivity (Wildman–Crippen MR) is 110 cm³/mol. The lowest BCUT2D eigenvalue weighted by Gasteiger charge is -2.37. The molecular weight excluding hydrogens is 350 g/mol. The highest BCUT2D eigenvalue weighted by Gasteiger charge is 2.34. The number of hydrogen-bond acceptors (Lipinski definition) is 4. The first kappa shape index (κ1) is 17.2. The van der Waals surface area contributed by atoms with Crippen molar-refractivity contribution in [3.05, 3.63) is 83.4 Å². The van der Waals surface area contributed by atoms with E-state index in [0.717, 1.165) is 35.2 Å². The van der Waals surface area contributed by atoms with Crippen LogP contribution in [-0.4, -0.2) is 43.2 Å². The van der Waals surface area contributed by atoms with Gasteiger partial charge in [-0.25, -0.2) is 0 Å². The largest absolute Gasteiger partial charge is 0.470 e. The van der Waals surface area contributed by atoms with Gasteiger partial charge in [0.05, 0.1) is 18.8 Å². The zero-order valence-corrected chi connectivity index (χ0v) is 15.5. The molecule has 5 rings (SSSR count). The quantitative estimate of drug-likeness (QED) is 0.648. The van der Waals surface area contributed by atoms with E-state index in [1.807, 2.05) is 54.6 Å². The van der Waals surface area contributed by atoms with Gasteiger partial charge in [-0.3, -0.25) is 9.69 Å². The van der Waals surface area contributed by atoms with E-state index in [9.17, 15) is 4.79 Å². The van der Waals surface area contributed by atoms with Crippen molar-refractivity contribution in [3.8, 4) is 5.75 Å². The van der Waals surface area contributed by atoms with Crippen molar-refractivity contribution in [1.82, 2.24) is 4.90 Å². The Labute approximate surface area is 164 Å². The Kier molecular flexibility index (Phi) is 4.43. The molecule has 28 heavy (non-hydrogen) atoms. The summed E-state index contributed by atoms with van der Waals surface area (Å²) < 4.78 is 11.9. The van der Waals surface area contributed by atoms with Crippen LogP contribution < -0.4 is 4.74 Å². The number of ether oxygens (including phenoxy) is 2. The van der Waals surface area contributed by atoms with Gasteiger partial charge in [0.1, 0.15) is 5.75 Å². The Balaban J connectivity index is 1.64. The van der Waals surface area contributed by atoms with Crippen LogP contribution in [0, 0.1) is 0 Å². The maximum atomic E-state index is 13.4. The van der Waals surface area contributed by atoms with Crippen molar-refractivity contribution in [3.63, 3.8) is 0 Å². The smallest absolute Gasteiger partial charge is 0.194 e. The SMILES string of the molecule is O=C(C1=Cc2c(ccc3ccccc23)OC1N1CCOCC1)c1ccccc1. The highest BCUT2D eigenvalue weighted by atomic mass is 16.5. The van der Waals surface area contributed by atoms with Crippen molar-refractivity contribution in [2.24, 2.45) is 0 Å². The fourth-order valence-corrected chi connectivity index (χ4v) is 3.95. The molecule has 0 bridgehead atoms. The number of fused-ring (bicyclic) bond motifs is 3. The van der Waals surface area contributed by atoms with Crippen LogP contribution in [0.2, 0.25) is 0 Å². The van der Waals surface area contributed by atoms with Gasteiger partial charge >= 0.3 is 0 Å². The van der Waals surface area contributed by atoms with Gasteiger partial charge in [0.15, 0.2) is 12.0 Å². The van der Waals surface area contributed by atoms with Gasteiger partial charge < -0.3 is 9.47 Å². The molecule has 0 aliphatic carbocycles. The normalized spacial score (nSPS) is 19.6. The second-order valence-corrected chi connectivity index (χ2v) is 7.11. The molecule has 0 aromatic heterocycles. The van der Waals surface area contributed by atoms with Crippen molar-refractivity contribution in [2.45, 2.75) is 6.23 Å². The molecule has 2 aliphatic heterocycles. The first-order chi connectivity index (χ1) is 13.8. The maximum absolute atomic E-state index is 13.4. The molecule has 0 amide bonds. The van der Waals surface area contributed by atoms with Gasteiger partial charge in [-0.15, -0.1) is 0 Å². The lowest BCUT2D eigenvalue weighted by Crippen LogP contribution is -2.49. The average molecular weight is 371 g/mol. The maximum Gasteiger partial charge on any atom is 0.194 e. The molecule has 4 nitrogen and oxygen atoms in total. The number of benzene rings is 3. The third-order valence-electron chi connectivity index (χ3n) is 5.41. The van der Waals surface area contributed by atoms with Crippen LogP contribution in [0.4, 0.5) is 0 Å². The summed E-state index contributed by atoms with van der Waals surface area (Å²) in [6.07, 6.45) is 1.63. The monoisotopic (exact) mass is 371 g/mol. The molecule has 2 aliphatic rings. The van der Waals surface area contributed by atoms with Crippen LogP contribution in [0.1, 0.15) is 15.9 Å². The molecule has 1 atom stereocenters. The number of hydrogen-bond donors (Lipinski definition) is 0. The Morgan fingerprint density at radius 2 is 1.64 bits per heavy atom. The van der Waals surface area contributed by atoms with Crippen LogP contribution in [0.15, 0.2) is 72.3 Å². The van der Waals surface area contributed by atoms with Gasteiger partial charge in [0.2, 0.25) is 0 Å². The molecule has 0 spiro atoms. The number of Topliss-reactive ketones (excluding diaryl/α,β-unsaturated/α-hetero) is 1. The Morgan fingerprint density at radius 1 is 0.893 bits per heavy atom. The lowest BCUT2D eigenvalue weighted by atomic mass is 9.94. The lowest BCUT2D eigenvalue weighted by molar-refractivity contribution is -0.0301. The van der Waals surface area contributed by atoms with Crippen LogP contribution in [0.5, 0.6) is 5.75 Å². The van der Waals surface area contributed by atoms with E-state index in [4.69, 9.17) is 9.47 Å². The average Bonchev–Trinajstić information content (AvgIpc) is 2.79.